The Hall–Kier alpha value is -1.69. The summed E-state index contributed by atoms with van der Waals surface area (Å²) in [6.07, 6.45) is 3.51. The molecule has 0 fully saturated rings. The van der Waals surface area contributed by atoms with Gasteiger partial charge in [0.1, 0.15) is 0 Å². The first-order valence-electron chi connectivity index (χ1n) is 5.07. The Labute approximate surface area is 94.0 Å². The van der Waals surface area contributed by atoms with Gasteiger partial charge >= 0.3 is 5.97 Å². The van der Waals surface area contributed by atoms with Crippen molar-refractivity contribution < 1.29 is 9.90 Å². The molecule has 0 spiro atoms. The van der Waals surface area contributed by atoms with E-state index in [2.05, 4.69) is 21.7 Å². The van der Waals surface area contributed by atoms with E-state index in [0.29, 0.717) is 6.54 Å². The van der Waals surface area contributed by atoms with Gasteiger partial charge in [-0.25, -0.2) is 4.79 Å². The van der Waals surface area contributed by atoms with Gasteiger partial charge in [-0.1, -0.05) is 16.9 Å². The molecule has 16 heavy (non-hydrogen) atoms. The number of nitrogens with one attached hydrogen (secondary N) is 1. The van der Waals surface area contributed by atoms with Crippen LogP contribution in [-0.4, -0.2) is 39.2 Å². The summed E-state index contributed by atoms with van der Waals surface area (Å²) in [6, 6.07) is 0. The van der Waals surface area contributed by atoms with Gasteiger partial charge in [-0.15, -0.1) is 5.10 Å². The SMILES string of the molecule is CC(C)=CCNCCn1cc(C(=O)O)nn1. The van der Waals surface area contributed by atoms with Gasteiger partial charge in [0.2, 0.25) is 0 Å². The molecule has 0 radical (unpaired) electrons. The van der Waals surface area contributed by atoms with Gasteiger partial charge in [-0.3, -0.25) is 4.68 Å². The van der Waals surface area contributed by atoms with Crippen LogP contribution in [0, 0.1) is 0 Å². The van der Waals surface area contributed by atoms with E-state index in [1.54, 1.807) is 0 Å². The Morgan fingerprint density at radius 2 is 2.38 bits per heavy atom. The third-order valence-corrected chi connectivity index (χ3v) is 1.93. The second-order valence-corrected chi connectivity index (χ2v) is 3.66. The summed E-state index contributed by atoms with van der Waals surface area (Å²) in [6.45, 7) is 6.22. The number of aromatic carboxylic acids is 1. The Morgan fingerprint density at radius 3 is 2.94 bits per heavy atom. The first kappa shape index (κ1) is 12.4. The van der Waals surface area contributed by atoms with E-state index < -0.39 is 5.97 Å². The lowest BCUT2D eigenvalue weighted by molar-refractivity contribution is 0.0690. The molecule has 1 rings (SSSR count). The Balaban J connectivity index is 2.27. The maximum absolute atomic E-state index is 10.5. The average Bonchev–Trinajstić information content (AvgIpc) is 2.65. The summed E-state index contributed by atoms with van der Waals surface area (Å²) in [4.78, 5) is 10.5. The first-order valence-corrected chi connectivity index (χ1v) is 5.07. The van der Waals surface area contributed by atoms with Crippen molar-refractivity contribution in [3.8, 4) is 0 Å². The molecule has 1 heterocycles. The maximum Gasteiger partial charge on any atom is 0.358 e. The lowest BCUT2D eigenvalue weighted by Gasteiger charge is -2.01. The topological polar surface area (TPSA) is 80.0 Å². The van der Waals surface area contributed by atoms with Crippen LogP contribution >= 0.6 is 0 Å². The number of hydrogen-bond donors (Lipinski definition) is 2. The molecule has 0 aromatic carbocycles. The average molecular weight is 224 g/mol. The summed E-state index contributed by atoms with van der Waals surface area (Å²) in [5.41, 5.74) is 1.24. The lowest BCUT2D eigenvalue weighted by atomic mass is 10.3. The zero-order valence-corrected chi connectivity index (χ0v) is 9.47. The van der Waals surface area contributed by atoms with Crippen LogP contribution in [-0.2, 0) is 6.54 Å². The number of hydrogen-bond acceptors (Lipinski definition) is 4. The van der Waals surface area contributed by atoms with E-state index in [-0.39, 0.29) is 5.69 Å². The van der Waals surface area contributed by atoms with Crippen molar-refractivity contribution in [1.82, 2.24) is 20.3 Å². The Morgan fingerprint density at radius 1 is 1.62 bits per heavy atom. The smallest absolute Gasteiger partial charge is 0.358 e. The van der Waals surface area contributed by atoms with Crippen LogP contribution in [0.4, 0.5) is 0 Å². The highest BCUT2D eigenvalue weighted by Gasteiger charge is 2.07. The van der Waals surface area contributed by atoms with E-state index in [4.69, 9.17) is 5.11 Å². The number of carbonyl (C=O) groups is 1. The first-order chi connectivity index (χ1) is 7.59. The third-order valence-electron chi connectivity index (χ3n) is 1.93. The minimum atomic E-state index is -1.05. The molecule has 6 heteroatoms. The summed E-state index contributed by atoms with van der Waals surface area (Å²) in [7, 11) is 0. The fraction of sp³-hybridized carbons (Fsp3) is 0.500. The highest BCUT2D eigenvalue weighted by Crippen LogP contribution is 1.91. The molecule has 0 bridgehead atoms. The second kappa shape index (κ2) is 6.02. The fourth-order valence-electron chi connectivity index (χ4n) is 1.08. The maximum atomic E-state index is 10.5. The van der Waals surface area contributed by atoms with Crippen LogP contribution in [0.1, 0.15) is 24.3 Å². The Kier molecular flexibility index (Phi) is 4.65. The van der Waals surface area contributed by atoms with Crippen LogP contribution in [0.5, 0.6) is 0 Å². The largest absolute Gasteiger partial charge is 0.476 e. The molecule has 0 atom stereocenters. The zero-order valence-electron chi connectivity index (χ0n) is 9.47. The number of carboxylic acid groups (broad SMARTS) is 1. The van der Waals surface area contributed by atoms with Crippen LogP contribution < -0.4 is 5.32 Å². The lowest BCUT2D eigenvalue weighted by Crippen LogP contribution is -2.20. The third kappa shape index (κ3) is 4.22. The van der Waals surface area contributed by atoms with Crippen LogP contribution in [0.3, 0.4) is 0 Å². The molecule has 0 saturated carbocycles. The van der Waals surface area contributed by atoms with E-state index in [1.165, 1.54) is 16.5 Å². The molecule has 1 aromatic rings. The molecule has 6 nitrogen and oxygen atoms in total. The highest BCUT2D eigenvalue weighted by molar-refractivity contribution is 5.84. The van der Waals surface area contributed by atoms with Gasteiger partial charge < -0.3 is 10.4 Å². The molecule has 0 aliphatic heterocycles. The number of allylic oxidation sites excluding steroid dienone is 1. The fourth-order valence-corrected chi connectivity index (χ4v) is 1.08. The van der Waals surface area contributed by atoms with E-state index in [1.807, 2.05) is 13.8 Å². The molecule has 0 unspecified atom stereocenters. The standard InChI is InChI=1S/C10H16N4O2/c1-8(2)3-4-11-5-6-14-7-9(10(15)16)12-13-14/h3,7,11H,4-6H2,1-2H3,(H,15,16). The molecule has 88 valence electrons. The monoisotopic (exact) mass is 224 g/mol. The minimum absolute atomic E-state index is 0.0238. The van der Waals surface area contributed by atoms with E-state index in [9.17, 15) is 4.79 Å². The van der Waals surface area contributed by atoms with Crippen molar-refractivity contribution in [3.63, 3.8) is 0 Å². The van der Waals surface area contributed by atoms with Gasteiger partial charge in [-0.05, 0) is 13.8 Å². The molecule has 0 aliphatic rings. The van der Waals surface area contributed by atoms with Crippen LogP contribution in [0.2, 0.25) is 0 Å². The van der Waals surface area contributed by atoms with Gasteiger partial charge in [0, 0.05) is 13.1 Å². The van der Waals surface area contributed by atoms with Crippen molar-refractivity contribution in [2.24, 2.45) is 0 Å². The summed E-state index contributed by atoms with van der Waals surface area (Å²) in [5, 5.41) is 19.0. The van der Waals surface area contributed by atoms with Crippen molar-refractivity contribution in [2.75, 3.05) is 13.1 Å². The Bertz CT molecular complexity index is 380. The zero-order chi connectivity index (χ0) is 12.0. The summed E-state index contributed by atoms with van der Waals surface area (Å²) < 4.78 is 1.51. The number of rotatable bonds is 6. The number of nitrogens with zero attached hydrogens (tertiary/aromatic N) is 3. The molecular formula is C10H16N4O2. The molecular weight excluding hydrogens is 208 g/mol. The normalized spacial score (nSPS) is 10.1. The predicted molar refractivity (Wildman–Crippen MR) is 59.3 cm³/mol. The van der Waals surface area contributed by atoms with Crippen LogP contribution in [0.15, 0.2) is 17.8 Å². The van der Waals surface area contributed by atoms with Gasteiger partial charge in [-0.2, -0.15) is 0 Å². The van der Waals surface area contributed by atoms with Crippen molar-refractivity contribution in [3.05, 3.63) is 23.5 Å². The highest BCUT2D eigenvalue weighted by atomic mass is 16.4. The van der Waals surface area contributed by atoms with Gasteiger partial charge in [0.25, 0.3) is 0 Å². The second-order valence-electron chi connectivity index (χ2n) is 3.66. The molecule has 0 aliphatic carbocycles. The molecule has 0 amide bonds. The minimum Gasteiger partial charge on any atom is -0.476 e. The van der Waals surface area contributed by atoms with Crippen molar-refractivity contribution in [1.29, 1.82) is 0 Å². The van der Waals surface area contributed by atoms with Gasteiger partial charge in [0.05, 0.1) is 12.7 Å². The molecule has 1 aromatic heterocycles. The number of aromatic nitrogens is 3. The molecule has 0 saturated heterocycles. The molecule has 2 N–H and O–H groups in total. The van der Waals surface area contributed by atoms with Gasteiger partial charge in [0.15, 0.2) is 5.69 Å². The predicted octanol–water partition coefficient (Wildman–Crippen LogP) is 0.532. The number of carboxylic acids is 1. The summed E-state index contributed by atoms with van der Waals surface area (Å²) in [5.74, 6) is -1.05. The summed E-state index contributed by atoms with van der Waals surface area (Å²) >= 11 is 0. The van der Waals surface area contributed by atoms with E-state index >= 15 is 0 Å². The van der Waals surface area contributed by atoms with E-state index in [0.717, 1.165) is 13.1 Å². The van der Waals surface area contributed by atoms with Crippen molar-refractivity contribution >= 4 is 5.97 Å². The quantitative estimate of drug-likeness (QED) is 0.544. The van der Waals surface area contributed by atoms with Crippen molar-refractivity contribution in [2.45, 2.75) is 20.4 Å². The van der Waals surface area contributed by atoms with Crippen LogP contribution in [0.25, 0.3) is 0 Å².